The van der Waals surface area contributed by atoms with Crippen molar-refractivity contribution in [2.24, 2.45) is 0 Å². The molecule has 4 rings (SSSR count). The van der Waals surface area contributed by atoms with Crippen LogP contribution in [-0.2, 0) is 10.0 Å². The molecule has 30 heavy (non-hydrogen) atoms. The van der Waals surface area contributed by atoms with Crippen molar-refractivity contribution in [1.82, 2.24) is 23.8 Å². The minimum atomic E-state index is -3.65. The molecule has 1 aromatic carbocycles. The van der Waals surface area contributed by atoms with E-state index in [9.17, 15) is 8.42 Å². The summed E-state index contributed by atoms with van der Waals surface area (Å²) in [6.07, 6.45) is 5.09. The lowest BCUT2D eigenvalue weighted by Gasteiger charge is -2.34. The van der Waals surface area contributed by atoms with E-state index in [0.29, 0.717) is 31.9 Å². The molecule has 2 aromatic heterocycles. The van der Waals surface area contributed by atoms with Gasteiger partial charge in [0, 0.05) is 44.6 Å². The van der Waals surface area contributed by atoms with Crippen LogP contribution in [0, 0.1) is 13.8 Å². The van der Waals surface area contributed by atoms with Crippen molar-refractivity contribution >= 4 is 15.8 Å². The zero-order chi connectivity index (χ0) is 21.3. The highest BCUT2D eigenvalue weighted by molar-refractivity contribution is 7.89. The van der Waals surface area contributed by atoms with E-state index in [1.807, 2.05) is 36.7 Å². The summed E-state index contributed by atoms with van der Waals surface area (Å²) in [5, 5.41) is 0. The van der Waals surface area contributed by atoms with E-state index in [1.165, 1.54) is 17.7 Å². The van der Waals surface area contributed by atoms with Crippen LogP contribution in [0.15, 0.2) is 47.9 Å². The number of nitrogens with zero attached hydrogens (tertiary/aromatic N) is 6. The number of ether oxygens (including phenoxy) is 1. The fourth-order valence-electron chi connectivity index (χ4n) is 3.54. The van der Waals surface area contributed by atoms with Gasteiger partial charge in [0.15, 0.2) is 0 Å². The van der Waals surface area contributed by atoms with Crippen LogP contribution in [0.3, 0.4) is 0 Å². The molecule has 0 spiro atoms. The standard InChI is InChI=1S/C20H24N6O3S/c1-15-4-5-17(29-3)18(12-15)30(27,28)25-10-8-24(9-11-25)19-13-20(23-14-22-19)26-7-6-21-16(26)2/h4-7,12-14H,8-11H2,1-3H3. The number of anilines is 1. The summed E-state index contributed by atoms with van der Waals surface area (Å²) in [6, 6.07) is 7.08. The number of hydrogen-bond donors (Lipinski definition) is 0. The van der Waals surface area contributed by atoms with Gasteiger partial charge in [-0.15, -0.1) is 0 Å². The predicted molar refractivity (Wildman–Crippen MR) is 113 cm³/mol. The van der Waals surface area contributed by atoms with Crippen molar-refractivity contribution in [3.63, 3.8) is 0 Å². The van der Waals surface area contributed by atoms with Crippen LogP contribution < -0.4 is 9.64 Å². The van der Waals surface area contributed by atoms with Gasteiger partial charge in [-0.1, -0.05) is 6.07 Å². The van der Waals surface area contributed by atoms with Gasteiger partial charge in [0.25, 0.3) is 0 Å². The van der Waals surface area contributed by atoms with Crippen LogP contribution in [0.2, 0.25) is 0 Å². The van der Waals surface area contributed by atoms with Crippen LogP contribution in [0.1, 0.15) is 11.4 Å². The first-order chi connectivity index (χ1) is 14.4. The Hall–Kier alpha value is -2.98. The fraction of sp³-hybridized carbons (Fsp3) is 0.350. The number of imidazole rings is 1. The fourth-order valence-corrected chi connectivity index (χ4v) is 5.21. The number of rotatable bonds is 5. The summed E-state index contributed by atoms with van der Waals surface area (Å²) in [7, 11) is -2.16. The van der Waals surface area contributed by atoms with Crippen molar-refractivity contribution in [2.75, 3.05) is 38.2 Å². The number of piperazine rings is 1. The molecule has 0 atom stereocenters. The SMILES string of the molecule is COc1ccc(C)cc1S(=O)(=O)N1CCN(c2cc(-n3ccnc3C)ncn2)CC1. The van der Waals surface area contributed by atoms with Gasteiger partial charge in [-0.2, -0.15) is 4.31 Å². The molecule has 3 aromatic rings. The molecule has 0 N–H and O–H groups in total. The summed E-state index contributed by atoms with van der Waals surface area (Å²) in [6.45, 7) is 5.57. The number of aryl methyl sites for hydroxylation is 2. The van der Waals surface area contributed by atoms with Crippen molar-refractivity contribution in [3.05, 3.63) is 54.4 Å². The molecule has 1 saturated heterocycles. The van der Waals surface area contributed by atoms with Crippen LogP contribution in [0.25, 0.3) is 5.82 Å². The number of aromatic nitrogens is 4. The minimum Gasteiger partial charge on any atom is -0.495 e. The van der Waals surface area contributed by atoms with Crippen LogP contribution in [-0.4, -0.2) is 65.5 Å². The van der Waals surface area contributed by atoms with Crippen LogP contribution in [0.4, 0.5) is 5.82 Å². The highest BCUT2D eigenvalue weighted by Crippen LogP contribution is 2.29. The highest BCUT2D eigenvalue weighted by Gasteiger charge is 2.31. The molecule has 0 aliphatic carbocycles. The molecule has 1 aliphatic heterocycles. The number of sulfonamides is 1. The number of benzene rings is 1. The first kappa shape index (κ1) is 20.3. The molecule has 3 heterocycles. The van der Waals surface area contributed by atoms with E-state index in [-0.39, 0.29) is 4.90 Å². The van der Waals surface area contributed by atoms with E-state index >= 15 is 0 Å². The maximum atomic E-state index is 13.2. The molecule has 0 radical (unpaired) electrons. The first-order valence-corrected chi connectivity index (χ1v) is 11.1. The second-order valence-electron chi connectivity index (χ2n) is 7.12. The average molecular weight is 429 g/mol. The lowest BCUT2D eigenvalue weighted by Crippen LogP contribution is -2.49. The monoisotopic (exact) mass is 428 g/mol. The lowest BCUT2D eigenvalue weighted by atomic mass is 10.2. The van der Waals surface area contributed by atoms with Gasteiger partial charge in [0.05, 0.1) is 7.11 Å². The van der Waals surface area contributed by atoms with Crippen molar-refractivity contribution in [2.45, 2.75) is 18.7 Å². The summed E-state index contributed by atoms with van der Waals surface area (Å²) in [5.41, 5.74) is 0.872. The Morgan fingerprint density at radius 2 is 1.70 bits per heavy atom. The van der Waals surface area contributed by atoms with E-state index in [1.54, 1.807) is 18.3 Å². The zero-order valence-electron chi connectivity index (χ0n) is 17.2. The van der Waals surface area contributed by atoms with E-state index in [4.69, 9.17) is 4.74 Å². The third-order valence-corrected chi connectivity index (χ3v) is 7.13. The predicted octanol–water partition coefficient (Wildman–Crippen LogP) is 1.80. The number of hydrogen-bond acceptors (Lipinski definition) is 7. The maximum Gasteiger partial charge on any atom is 0.246 e. The molecule has 0 unspecified atom stereocenters. The molecular formula is C20H24N6O3S. The summed E-state index contributed by atoms with van der Waals surface area (Å²) < 4.78 is 35.1. The van der Waals surface area contributed by atoms with Gasteiger partial charge in [-0.05, 0) is 31.5 Å². The molecule has 1 aliphatic rings. The maximum absolute atomic E-state index is 13.2. The lowest BCUT2D eigenvalue weighted by molar-refractivity contribution is 0.373. The molecular weight excluding hydrogens is 404 g/mol. The first-order valence-electron chi connectivity index (χ1n) is 9.62. The van der Waals surface area contributed by atoms with Gasteiger partial charge in [-0.25, -0.2) is 23.4 Å². The minimum absolute atomic E-state index is 0.207. The molecule has 0 saturated carbocycles. The molecule has 0 amide bonds. The van der Waals surface area contributed by atoms with Crippen molar-refractivity contribution in [3.8, 4) is 11.6 Å². The highest BCUT2D eigenvalue weighted by atomic mass is 32.2. The topological polar surface area (TPSA) is 93.5 Å². The Bertz CT molecular complexity index is 1150. The van der Waals surface area contributed by atoms with Crippen molar-refractivity contribution in [1.29, 1.82) is 0 Å². The molecule has 9 nitrogen and oxygen atoms in total. The molecule has 1 fully saturated rings. The molecule has 10 heteroatoms. The number of methoxy groups -OCH3 is 1. The summed E-state index contributed by atoms with van der Waals surface area (Å²) in [5.74, 6) is 2.69. The van der Waals surface area contributed by atoms with Gasteiger partial charge < -0.3 is 9.64 Å². The quantitative estimate of drug-likeness (QED) is 0.612. The third kappa shape index (κ3) is 3.75. The molecule has 0 bridgehead atoms. The summed E-state index contributed by atoms with van der Waals surface area (Å²) >= 11 is 0. The Morgan fingerprint density at radius 1 is 0.967 bits per heavy atom. The second-order valence-corrected chi connectivity index (χ2v) is 9.03. The zero-order valence-corrected chi connectivity index (χ0v) is 18.0. The van der Waals surface area contributed by atoms with E-state index in [2.05, 4.69) is 19.9 Å². The second kappa shape index (κ2) is 8.04. The Labute approximate surface area is 176 Å². The Balaban J connectivity index is 1.52. The van der Waals surface area contributed by atoms with Gasteiger partial charge in [0.2, 0.25) is 10.0 Å². The van der Waals surface area contributed by atoms with Crippen LogP contribution in [0.5, 0.6) is 5.75 Å². The van der Waals surface area contributed by atoms with E-state index in [0.717, 1.165) is 23.0 Å². The van der Waals surface area contributed by atoms with Gasteiger partial charge >= 0.3 is 0 Å². The van der Waals surface area contributed by atoms with Gasteiger partial charge in [0.1, 0.15) is 34.4 Å². The normalized spacial score (nSPS) is 15.4. The van der Waals surface area contributed by atoms with Gasteiger partial charge in [-0.3, -0.25) is 4.57 Å². The third-order valence-electron chi connectivity index (χ3n) is 5.21. The molecule has 158 valence electrons. The van der Waals surface area contributed by atoms with E-state index < -0.39 is 10.0 Å². The summed E-state index contributed by atoms with van der Waals surface area (Å²) in [4.78, 5) is 15.2. The Morgan fingerprint density at radius 3 is 2.37 bits per heavy atom. The van der Waals surface area contributed by atoms with Crippen molar-refractivity contribution < 1.29 is 13.2 Å². The Kier molecular flexibility index (Phi) is 5.44. The average Bonchev–Trinajstić information content (AvgIpc) is 3.20. The smallest absolute Gasteiger partial charge is 0.246 e. The largest absolute Gasteiger partial charge is 0.495 e. The van der Waals surface area contributed by atoms with Crippen LogP contribution >= 0.6 is 0 Å².